The van der Waals surface area contributed by atoms with Crippen LogP contribution in [-0.4, -0.2) is 16.3 Å². The van der Waals surface area contributed by atoms with Gasteiger partial charge in [-0.15, -0.1) is 0 Å². The zero-order chi connectivity index (χ0) is 15.4. The first kappa shape index (κ1) is 15.5. The molecule has 0 radical (unpaired) electrons. The summed E-state index contributed by atoms with van der Waals surface area (Å²) >= 11 is 5.72. The summed E-state index contributed by atoms with van der Waals surface area (Å²) in [5.74, 6) is 0.00254. The first-order valence-corrected chi connectivity index (χ1v) is 7.08. The van der Waals surface area contributed by atoms with Crippen LogP contribution >= 0.6 is 11.6 Å². The van der Waals surface area contributed by atoms with Crippen molar-refractivity contribution in [1.82, 2.24) is 9.78 Å². The molecule has 0 aliphatic carbocycles. The lowest BCUT2D eigenvalue weighted by Crippen LogP contribution is -2.23. The third kappa shape index (κ3) is 4.29. The van der Waals surface area contributed by atoms with Crippen molar-refractivity contribution in [3.63, 3.8) is 0 Å². The second kappa shape index (κ2) is 6.72. The van der Waals surface area contributed by atoms with E-state index in [1.807, 2.05) is 0 Å². The number of hydrogen-bond acceptors (Lipinski definition) is 3. The van der Waals surface area contributed by atoms with Gasteiger partial charge in [-0.3, -0.25) is 4.79 Å². The Kier molecular flexibility index (Phi) is 4.96. The minimum atomic E-state index is -0.478. The van der Waals surface area contributed by atoms with Gasteiger partial charge >= 0.3 is 0 Å². The van der Waals surface area contributed by atoms with E-state index in [-0.39, 0.29) is 17.1 Å². The Hall–Kier alpha value is -1.88. The molecule has 1 aromatic carbocycles. The summed E-state index contributed by atoms with van der Waals surface area (Å²) in [6.07, 6.45) is 1.61. The number of anilines is 1. The third-order valence-electron chi connectivity index (χ3n) is 2.90. The lowest BCUT2D eigenvalue weighted by molar-refractivity contribution is 0.619. The lowest BCUT2D eigenvalue weighted by Gasteiger charge is -2.10. The Balaban J connectivity index is 2.13. The van der Waals surface area contributed by atoms with Gasteiger partial charge in [-0.2, -0.15) is 5.10 Å². The highest BCUT2D eigenvalue weighted by molar-refractivity contribution is 6.30. The highest BCUT2D eigenvalue weighted by atomic mass is 35.5. The molecule has 1 heterocycles. The Bertz CT molecular complexity index is 685. The van der Waals surface area contributed by atoms with E-state index >= 15 is 0 Å². The molecule has 0 saturated carbocycles. The van der Waals surface area contributed by atoms with Crippen molar-refractivity contribution in [3.8, 4) is 0 Å². The first-order valence-electron chi connectivity index (χ1n) is 6.70. The van der Waals surface area contributed by atoms with Gasteiger partial charge in [0.15, 0.2) is 0 Å². The van der Waals surface area contributed by atoms with Crippen molar-refractivity contribution in [3.05, 3.63) is 57.2 Å². The van der Waals surface area contributed by atoms with Crippen molar-refractivity contribution < 1.29 is 4.39 Å². The molecule has 0 amide bonds. The van der Waals surface area contributed by atoms with Gasteiger partial charge in [0.2, 0.25) is 0 Å². The molecule has 1 N–H and O–H groups in total. The number of rotatable bonds is 5. The van der Waals surface area contributed by atoms with Gasteiger partial charge in [-0.1, -0.05) is 31.5 Å². The van der Waals surface area contributed by atoms with E-state index in [0.717, 1.165) is 12.1 Å². The van der Waals surface area contributed by atoms with Gasteiger partial charge in [0.1, 0.15) is 5.82 Å². The van der Waals surface area contributed by atoms with Crippen molar-refractivity contribution in [2.45, 2.75) is 20.4 Å². The molecule has 21 heavy (non-hydrogen) atoms. The van der Waals surface area contributed by atoms with Gasteiger partial charge < -0.3 is 5.32 Å². The monoisotopic (exact) mass is 309 g/mol. The van der Waals surface area contributed by atoms with E-state index in [9.17, 15) is 9.18 Å². The molecule has 0 saturated heterocycles. The second-order valence-corrected chi connectivity index (χ2v) is 5.67. The SMILES string of the molecule is CC(C)CNc1cnn(Cc2ccc(F)c(Cl)c2)c(=O)c1. The molecule has 0 unspecified atom stereocenters. The average molecular weight is 310 g/mol. The van der Waals surface area contributed by atoms with E-state index in [4.69, 9.17) is 11.6 Å². The van der Waals surface area contributed by atoms with E-state index in [1.54, 1.807) is 12.3 Å². The fourth-order valence-electron chi connectivity index (χ4n) is 1.78. The van der Waals surface area contributed by atoms with Crippen LogP contribution in [0.1, 0.15) is 19.4 Å². The van der Waals surface area contributed by atoms with Crippen LogP contribution in [0.25, 0.3) is 0 Å². The highest BCUT2D eigenvalue weighted by Crippen LogP contribution is 2.16. The Morgan fingerprint density at radius 3 is 2.76 bits per heavy atom. The number of nitrogens with one attached hydrogen (secondary N) is 1. The summed E-state index contributed by atoms with van der Waals surface area (Å²) in [5, 5.41) is 7.29. The van der Waals surface area contributed by atoms with Crippen LogP contribution in [-0.2, 0) is 6.54 Å². The van der Waals surface area contributed by atoms with Gasteiger partial charge in [0, 0.05) is 12.6 Å². The molecule has 0 aliphatic rings. The lowest BCUT2D eigenvalue weighted by atomic mass is 10.2. The van der Waals surface area contributed by atoms with Crippen LogP contribution in [0.2, 0.25) is 5.02 Å². The molecule has 4 nitrogen and oxygen atoms in total. The number of hydrogen-bond donors (Lipinski definition) is 1. The molecule has 2 aromatic rings. The van der Waals surface area contributed by atoms with Crippen molar-refractivity contribution in [2.24, 2.45) is 5.92 Å². The van der Waals surface area contributed by atoms with Gasteiger partial charge in [-0.25, -0.2) is 9.07 Å². The molecule has 0 fully saturated rings. The molecule has 0 atom stereocenters. The smallest absolute Gasteiger partial charge is 0.269 e. The van der Waals surface area contributed by atoms with Crippen LogP contribution in [0.5, 0.6) is 0 Å². The van der Waals surface area contributed by atoms with Crippen LogP contribution < -0.4 is 10.9 Å². The van der Waals surface area contributed by atoms with Gasteiger partial charge in [0.05, 0.1) is 23.5 Å². The van der Waals surface area contributed by atoms with Crippen molar-refractivity contribution >= 4 is 17.3 Å². The molecule has 112 valence electrons. The van der Waals surface area contributed by atoms with Crippen LogP contribution in [0.15, 0.2) is 35.3 Å². The fourth-order valence-corrected chi connectivity index (χ4v) is 1.99. The topological polar surface area (TPSA) is 46.9 Å². The number of halogens is 2. The molecule has 2 rings (SSSR count). The van der Waals surface area contributed by atoms with Crippen LogP contribution in [0.3, 0.4) is 0 Å². The van der Waals surface area contributed by atoms with Crippen LogP contribution in [0.4, 0.5) is 10.1 Å². The minimum Gasteiger partial charge on any atom is -0.383 e. The van der Waals surface area contributed by atoms with E-state index in [0.29, 0.717) is 11.6 Å². The predicted molar refractivity (Wildman–Crippen MR) is 82.3 cm³/mol. The highest BCUT2D eigenvalue weighted by Gasteiger charge is 2.05. The van der Waals surface area contributed by atoms with Crippen LogP contribution in [0, 0.1) is 11.7 Å². The molecular formula is C15H17ClFN3O. The van der Waals surface area contributed by atoms with Crippen molar-refractivity contribution in [1.29, 1.82) is 0 Å². The molecule has 1 aromatic heterocycles. The minimum absolute atomic E-state index is 0.0377. The number of nitrogens with zero attached hydrogens (tertiary/aromatic N) is 2. The molecule has 6 heteroatoms. The summed E-state index contributed by atoms with van der Waals surface area (Å²) in [6, 6.07) is 5.86. The maximum absolute atomic E-state index is 13.1. The average Bonchev–Trinajstić information content (AvgIpc) is 2.43. The van der Waals surface area contributed by atoms with E-state index < -0.39 is 5.82 Å². The maximum atomic E-state index is 13.1. The summed E-state index contributed by atoms with van der Waals surface area (Å²) in [4.78, 5) is 12.0. The van der Waals surface area contributed by atoms with E-state index in [2.05, 4.69) is 24.3 Å². The third-order valence-corrected chi connectivity index (χ3v) is 3.19. The zero-order valence-electron chi connectivity index (χ0n) is 11.9. The zero-order valence-corrected chi connectivity index (χ0v) is 12.7. The van der Waals surface area contributed by atoms with Gasteiger partial charge in [0.25, 0.3) is 5.56 Å². The first-order chi connectivity index (χ1) is 9.95. The summed E-state index contributed by atoms with van der Waals surface area (Å²) in [6.45, 7) is 5.20. The molecule has 0 spiro atoms. The largest absolute Gasteiger partial charge is 0.383 e. The Morgan fingerprint density at radius 2 is 2.14 bits per heavy atom. The Labute approximate surface area is 127 Å². The standard InChI is InChI=1S/C15H17ClFN3O/c1-10(2)7-18-12-6-15(21)20(19-8-12)9-11-3-4-14(17)13(16)5-11/h3-6,8,10,18H,7,9H2,1-2H3. The molecule has 0 aliphatic heterocycles. The quantitative estimate of drug-likeness (QED) is 0.923. The second-order valence-electron chi connectivity index (χ2n) is 5.26. The molecule has 0 bridgehead atoms. The summed E-state index contributed by atoms with van der Waals surface area (Å²) < 4.78 is 14.4. The summed E-state index contributed by atoms with van der Waals surface area (Å²) in [5.41, 5.74) is 1.20. The normalized spacial score (nSPS) is 10.9. The van der Waals surface area contributed by atoms with Gasteiger partial charge in [-0.05, 0) is 23.6 Å². The van der Waals surface area contributed by atoms with E-state index in [1.165, 1.54) is 22.9 Å². The summed E-state index contributed by atoms with van der Waals surface area (Å²) in [7, 11) is 0. The number of benzene rings is 1. The molecular weight excluding hydrogens is 293 g/mol. The van der Waals surface area contributed by atoms with Crippen molar-refractivity contribution in [2.75, 3.05) is 11.9 Å². The Morgan fingerprint density at radius 1 is 1.38 bits per heavy atom. The number of aromatic nitrogens is 2. The predicted octanol–water partition coefficient (Wildman–Crippen LogP) is 3.15. The fraction of sp³-hybridized carbons (Fsp3) is 0.333. The maximum Gasteiger partial charge on any atom is 0.269 e.